The highest BCUT2D eigenvalue weighted by Crippen LogP contribution is 2.15. The van der Waals surface area contributed by atoms with Crippen LogP contribution in [0.25, 0.3) is 0 Å². The molecule has 0 spiro atoms. The highest BCUT2D eigenvalue weighted by molar-refractivity contribution is 5.93. The van der Waals surface area contributed by atoms with Gasteiger partial charge in [0.05, 0.1) is 6.04 Å². The predicted molar refractivity (Wildman–Crippen MR) is 105 cm³/mol. The molecule has 1 atom stereocenters. The molecule has 0 fully saturated rings. The Balaban J connectivity index is 1.65. The van der Waals surface area contributed by atoms with E-state index in [1.54, 1.807) is 12.3 Å². The number of hydrogen-bond donors (Lipinski definition) is 2. The van der Waals surface area contributed by atoms with E-state index in [2.05, 4.69) is 34.7 Å². The van der Waals surface area contributed by atoms with Crippen LogP contribution in [0, 0.1) is 6.92 Å². The van der Waals surface area contributed by atoms with Crippen LogP contribution in [0.15, 0.2) is 72.9 Å². The van der Waals surface area contributed by atoms with Crippen molar-refractivity contribution in [2.75, 3.05) is 5.32 Å². The third-order valence-electron chi connectivity index (χ3n) is 4.38. The first kappa shape index (κ1) is 17.7. The van der Waals surface area contributed by atoms with Gasteiger partial charge in [0, 0.05) is 18.4 Å². The number of rotatable bonds is 6. The fourth-order valence-corrected chi connectivity index (χ4v) is 2.77. The molecule has 1 amide bonds. The van der Waals surface area contributed by atoms with Gasteiger partial charge < -0.3 is 10.6 Å². The summed E-state index contributed by atoms with van der Waals surface area (Å²) in [7, 11) is 0. The van der Waals surface area contributed by atoms with Crippen LogP contribution in [0.4, 0.5) is 5.69 Å². The topological polar surface area (TPSA) is 54.0 Å². The monoisotopic (exact) mass is 345 g/mol. The number of aryl methyl sites for hydroxylation is 1. The molecule has 0 aliphatic rings. The van der Waals surface area contributed by atoms with E-state index in [1.807, 2.05) is 55.5 Å². The quantitative estimate of drug-likeness (QED) is 0.692. The van der Waals surface area contributed by atoms with Gasteiger partial charge in [0.2, 0.25) is 0 Å². The maximum atomic E-state index is 12.5. The molecule has 4 nitrogen and oxygen atoms in total. The summed E-state index contributed by atoms with van der Waals surface area (Å²) in [4.78, 5) is 16.7. The van der Waals surface area contributed by atoms with Crippen molar-refractivity contribution in [2.45, 2.75) is 26.4 Å². The maximum absolute atomic E-state index is 12.5. The zero-order valence-corrected chi connectivity index (χ0v) is 15.1. The molecule has 2 N–H and O–H groups in total. The van der Waals surface area contributed by atoms with E-state index < -0.39 is 0 Å². The molecule has 2 aromatic carbocycles. The summed E-state index contributed by atoms with van der Waals surface area (Å²) in [6.45, 7) is 4.76. The van der Waals surface area contributed by atoms with Gasteiger partial charge in [-0.2, -0.15) is 0 Å². The molecule has 3 rings (SSSR count). The van der Waals surface area contributed by atoms with E-state index in [4.69, 9.17) is 0 Å². The Bertz CT molecular complexity index is 877. The number of pyridine rings is 1. The van der Waals surface area contributed by atoms with Crippen molar-refractivity contribution in [3.05, 3.63) is 95.3 Å². The second kappa shape index (κ2) is 8.30. The number of anilines is 1. The van der Waals surface area contributed by atoms with Crippen molar-refractivity contribution in [3.8, 4) is 0 Å². The number of carbonyl (C=O) groups excluding carboxylic acids is 1. The molecule has 0 saturated heterocycles. The van der Waals surface area contributed by atoms with Crippen LogP contribution in [0.5, 0.6) is 0 Å². The van der Waals surface area contributed by atoms with Crippen molar-refractivity contribution < 1.29 is 4.79 Å². The normalized spacial score (nSPS) is 11.6. The second-order valence-electron chi connectivity index (χ2n) is 6.32. The standard InChI is InChI=1S/C22H23N3O/c1-16-8-6-7-11-19(16)15-24-20-12-13-23-21(14-20)22(26)25-17(2)18-9-4-3-5-10-18/h3-14,17H,15H2,1-2H3,(H,23,24)(H,25,26). The van der Waals surface area contributed by atoms with Crippen LogP contribution < -0.4 is 10.6 Å². The van der Waals surface area contributed by atoms with Gasteiger partial charge in [-0.3, -0.25) is 9.78 Å². The Hall–Kier alpha value is -3.14. The summed E-state index contributed by atoms with van der Waals surface area (Å²) in [6.07, 6.45) is 1.66. The highest BCUT2D eigenvalue weighted by Gasteiger charge is 2.12. The van der Waals surface area contributed by atoms with Gasteiger partial charge in [-0.25, -0.2) is 0 Å². The van der Waals surface area contributed by atoms with Crippen molar-refractivity contribution in [1.29, 1.82) is 0 Å². The minimum atomic E-state index is -0.180. The number of nitrogens with zero attached hydrogens (tertiary/aromatic N) is 1. The number of carbonyl (C=O) groups is 1. The van der Waals surface area contributed by atoms with E-state index in [1.165, 1.54) is 11.1 Å². The second-order valence-corrected chi connectivity index (χ2v) is 6.32. The van der Waals surface area contributed by atoms with E-state index >= 15 is 0 Å². The lowest BCUT2D eigenvalue weighted by atomic mass is 10.1. The maximum Gasteiger partial charge on any atom is 0.270 e. The van der Waals surface area contributed by atoms with Crippen LogP contribution in [-0.2, 0) is 6.54 Å². The molecule has 26 heavy (non-hydrogen) atoms. The summed E-state index contributed by atoms with van der Waals surface area (Å²) in [5.41, 5.74) is 4.81. The average molecular weight is 345 g/mol. The molecule has 3 aromatic rings. The SMILES string of the molecule is Cc1ccccc1CNc1ccnc(C(=O)NC(C)c2ccccc2)c1. The van der Waals surface area contributed by atoms with Crippen molar-refractivity contribution in [2.24, 2.45) is 0 Å². The molecule has 0 aliphatic heterocycles. The number of benzene rings is 2. The fourth-order valence-electron chi connectivity index (χ4n) is 2.77. The summed E-state index contributed by atoms with van der Waals surface area (Å²) < 4.78 is 0. The van der Waals surface area contributed by atoms with Crippen LogP contribution >= 0.6 is 0 Å². The molecule has 132 valence electrons. The number of nitrogens with one attached hydrogen (secondary N) is 2. The highest BCUT2D eigenvalue weighted by atomic mass is 16.1. The molecule has 4 heteroatoms. The van der Waals surface area contributed by atoms with Crippen LogP contribution in [-0.4, -0.2) is 10.9 Å². The van der Waals surface area contributed by atoms with Gasteiger partial charge in [0.25, 0.3) is 5.91 Å². The Kier molecular flexibility index (Phi) is 5.64. The zero-order valence-electron chi connectivity index (χ0n) is 15.1. The van der Waals surface area contributed by atoms with Crippen molar-refractivity contribution >= 4 is 11.6 Å². The van der Waals surface area contributed by atoms with E-state index in [9.17, 15) is 4.79 Å². The van der Waals surface area contributed by atoms with Crippen LogP contribution in [0.2, 0.25) is 0 Å². The van der Waals surface area contributed by atoms with E-state index in [-0.39, 0.29) is 11.9 Å². The van der Waals surface area contributed by atoms with Gasteiger partial charge in [-0.15, -0.1) is 0 Å². The van der Waals surface area contributed by atoms with Gasteiger partial charge in [-0.05, 0) is 42.7 Å². The Morgan fingerprint density at radius 2 is 1.77 bits per heavy atom. The first-order chi connectivity index (χ1) is 12.6. The third-order valence-corrected chi connectivity index (χ3v) is 4.38. The Morgan fingerprint density at radius 1 is 1.04 bits per heavy atom. The zero-order chi connectivity index (χ0) is 18.4. The van der Waals surface area contributed by atoms with Gasteiger partial charge in [0.15, 0.2) is 0 Å². The van der Waals surface area contributed by atoms with Crippen LogP contribution in [0.3, 0.4) is 0 Å². The van der Waals surface area contributed by atoms with Gasteiger partial charge in [-0.1, -0.05) is 54.6 Å². The minimum Gasteiger partial charge on any atom is -0.381 e. The summed E-state index contributed by atoms with van der Waals surface area (Å²) >= 11 is 0. The van der Waals surface area contributed by atoms with E-state index in [0.29, 0.717) is 12.2 Å². The molecule has 0 radical (unpaired) electrons. The lowest BCUT2D eigenvalue weighted by molar-refractivity contribution is 0.0935. The molecule has 1 aromatic heterocycles. The van der Waals surface area contributed by atoms with Gasteiger partial charge >= 0.3 is 0 Å². The summed E-state index contributed by atoms with van der Waals surface area (Å²) in [5.74, 6) is -0.180. The smallest absolute Gasteiger partial charge is 0.270 e. The van der Waals surface area contributed by atoms with Crippen molar-refractivity contribution in [3.63, 3.8) is 0 Å². The summed E-state index contributed by atoms with van der Waals surface area (Å²) in [5, 5.41) is 6.36. The Morgan fingerprint density at radius 3 is 2.54 bits per heavy atom. The number of hydrogen-bond acceptors (Lipinski definition) is 3. The van der Waals surface area contributed by atoms with E-state index in [0.717, 1.165) is 11.3 Å². The largest absolute Gasteiger partial charge is 0.381 e. The Labute approximate surface area is 154 Å². The predicted octanol–water partition coefficient (Wildman–Crippen LogP) is 4.49. The molecular weight excluding hydrogens is 322 g/mol. The third kappa shape index (κ3) is 4.48. The molecule has 1 heterocycles. The summed E-state index contributed by atoms with van der Waals surface area (Å²) in [6, 6.07) is 21.7. The number of amides is 1. The molecular formula is C22H23N3O. The molecule has 0 saturated carbocycles. The lowest BCUT2D eigenvalue weighted by Gasteiger charge is -2.14. The first-order valence-electron chi connectivity index (χ1n) is 8.74. The lowest BCUT2D eigenvalue weighted by Crippen LogP contribution is -2.27. The fraction of sp³-hybridized carbons (Fsp3) is 0.182. The molecule has 0 bridgehead atoms. The average Bonchev–Trinajstić information content (AvgIpc) is 2.68. The van der Waals surface area contributed by atoms with Crippen molar-refractivity contribution in [1.82, 2.24) is 10.3 Å². The van der Waals surface area contributed by atoms with Gasteiger partial charge in [0.1, 0.15) is 5.69 Å². The van der Waals surface area contributed by atoms with Crippen LogP contribution in [0.1, 0.15) is 40.1 Å². The molecule has 1 unspecified atom stereocenters. The first-order valence-corrected chi connectivity index (χ1v) is 8.74. The minimum absolute atomic E-state index is 0.0749. The number of aromatic nitrogens is 1. The molecule has 0 aliphatic carbocycles.